The molecule has 4 aromatic rings. The van der Waals surface area contributed by atoms with Crippen molar-refractivity contribution < 1.29 is 9.18 Å². The predicted molar refractivity (Wildman–Crippen MR) is 121 cm³/mol. The molecule has 4 heterocycles. The van der Waals surface area contributed by atoms with Crippen molar-refractivity contribution >= 4 is 17.1 Å². The molecule has 0 N–H and O–H groups in total. The SMILES string of the molecule is CC(C(=O)N1CCN(c2cnn3cc(-c4cnn(C)c4)ccc23)CC1)c1ccc(F)cc1. The van der Waals surface area contributed by atoms with E-state index in [-0.39, 0.29) is 17.6 Å². The first-order valence-corrected chi connectivity index (χ1v) is 10.8. The van der Waals surface area contributed by atoms with E-state index in [2.05, 4.69) is 27.2 Å². The third kappa shape index (κ3) is 3.72. The zero-order chi connectivity index (χ0) is 22.2. The molecule has 32 heavy (non-hydrogen) atoms. The maximum atomic E-state index is 13.2. The van der Waals surface area contributed by atoms with Crippen LogP contribution in [0.4, 0.5) is 10.1 Å². The topological polar surface area (TPSA) is 58.7 Å². The van der Waals surface area contributed by atoms with Crippen LogP contribution in [0.2, 0.25) is 0 Å². The lowest BCUT2D eigenvalue weighted by molar-refractivity contribution is -0.132. The summed E-state index contributed by atoms with van der Waals surface area (Å²) in [7, 11) is 1.90. The molecular weight excluding hydrogens is 407 g/mol. The number of benzene rings is 1. The van der Waals surface area contributed by atoms with Gasteiger partial charge in [0.2, 0.25) is 5.91 Å². The summed E-state index contributed by atoms with van der Waals surface area (Å²) in [6.07, 6.45) is 7.73. The van der Waals surface area contributed by atoms with Crippen molar-refractivity contribution in [2.75, 3.05) is 31.1 Å². The van der Waals surface area contributed by atoms with Crippen molar-refractivity contribution in [1.82, 2.24) is 24.3 Å². The van der Waals surface area contributed by atoms with E-state index in [1.807, 2.05) is 48.2 Å². The maximum Gasteiger partial charge on any atom is 0.229 e. The van der Waals surface area contributed by atoms with E-state index < -0.39 is 0 Å². The number of rotatable bonds is 4. The number of hydrogen-bond acceptors (Lipinski definition) is 4. The van der Waals surface area contributed by atoms with Crippen LogP contribution in [0.5, 0.6) is 0 Å². The van der Waals surface area contributed by atoms with Gasteiger partial charge in [-0.25, -0.2) is 8.91 Å². The first-order valence-electron chi connectivity index (χ1n) is 10.8. The quantitative estimate of drug-likeness (QED) is 0.496. The average Bonchev–Trinajstić information content (AvgIpc) is 3.44. The normalized spacial score (nSPS) is 15.3. The van der Waals surface area contributed by atoms with E-state index in [0.717, 1.165) is 41.0 Å². The molecule has 3 aromatic heterocycles. The fourth-order valence-electron chi connectivity index (χ4n) is 4.29. The molecule has 8 heteroatoms. The van der Waals surface area contributed by atoms with Gasteiger partial charge in [-0.05, 0) is 30.7 Å². The largest absolute Gasteiger partial charge is 0.365 e. The second-order valence-corrected chi connectivity index (χ2v) is 8.27. The molecule has 5 rings (SSSR count). The zero-order valence-corrected chi connectivity index (χ0v) is 18.1. The van der Waals surface area contributed by atoms with Gasteiger partial charge in [-0.3, -0.25) is 9.48 Å². The molecule has 1 aliphatic heterocycles. The first-order chi connectivity index (χ1) is 15.5. The summed E-state index contributed by atoms with van der Waals surface area (Å²) in [6.45, 7) is 4.67. The summed E-state index contributed by atoms with van der Waals surface area (Å²) in [5.74, 6) is -0.495. The van der Waals surface area contributed by atoms with Crippen molar-refractivity contribution in [3.05, 3.63) is 72.6 Å². The summed E-state index contributed by atoms with van der Waals surface area (Å²) in [4.78, 5) is 17.1. The summed E-state index contributed by atoms with van der Waals surface area (Å²) in [5.41, 5.74) is 5.06. The molecule has 1 atom stereocenters. The number of anilines is 1. The Balaban J connectivity index is 1.27. The van der Waals surface area contributed by atoms with Gasteiger partial charge in [-0.2, -0.15) is 10.2 Å². The van der Waals surface area contributed by atoms with Crippen LogP contribution >= 0.6 is 0 Å². The van der Waals surface area contributed by atoms with Gasteiger partial charge in [0.1, 0.15) is 5.82 Å². The second kappa shape index (κ2) is 8.11. The lowest BCUT2D eigenvalue weighted by Gasteiger charge is -2.36. The van der Waals surface area contributed by atoms with Crippen LogP contribution in [0.1, 0.15) is 18.4 Å². The highest BCUT2D eigenvalue weighted by atomic mass is 19.1. The molecule has 0 radical (unpaired) electrons. The van der Waals surface area contributed by atoms with Crippen LogP contribution in [0.15, 0.2) is 61.2 Å². The Kier molecular flexibility index (Phi) is 5.13. The summed E-state index contributed by atoms with van der Waals surface area (Å²) >= 11 is 0. The summed E-state index contributed by atoms with van der Waals surface area (Å²) < 4.78 is 16.9. The highest BCUT2D eigenvalue weighted by Crippen LogP contribution is 2.27. The standard InChI is InChI=1S/C24H25FN6O/c1-17(18-3-6-21(25)7-4-18)24(32)30-11-9-29(10-12-30)23-14-27-31-16-19(5-8-22(23)31)20-13-26-28(2)15-20/h3-8,13-17H,9-12H2,1-2H3. The maximum absolute atomic E-state index is 13.2. The van der Waals surface area contributed by atoms with Gasteiger partial charge >= 0.3 is 0 Å². The number of fused-ring (bicyclic) bond motifs is 1. The minimum Gasteiger partial charge on any atom is -0.365 e. The van der Waals surface area contributed by atoms with Crippen LogP contribution in [-0.4, -0.2) is 56.4 Å². The number of pyridine rings is 1. The van der Waals surface area contributed by atoms with Gasteiger partial charge in [-0.1, -0.05) is 18.2 Å². The van der Waals surface area contributed by atoms with E-state index in [4.69, 9.17) is 0 Å². The van der Waals surface area contributed by atoms with Crippen LogP contribution < -0.4 is 4.90 Å². The lowest BCUT2D eigenvalue weighted by Crippen LogP contribution is -2.49. The molecule has 1 unspecified atom stereocenters. The Morgan fingerprint density at radius 3 is 2.38 bits per heavy atom. The van der Waals surface area contributed by atoms with Crippen LogP contribution in [0.25, 0.3) is 16.6 Å². The smallest absolute Gasteiger partial charge is 0.229 e. The first kappa shape index (κ1) is 20.2. The molecule has 1 aliphatic rings. The third-order valence-corrected chi connectivity index (χ3v) is 6.21. The molecule has 164 valence electrons. The van der Waals surface area contributed by atoms with E-state index >= 15 is 0 Å². The predicted octanol–water partition coefficient (Wildman–Crippen LogP) is 3.33. The number of carbonyl (C=O) groups excluding carboxylic acids is 1. The van der Waals surface area contributed by atoms with Gasteiger partial charge in [0, 0.05) is 56.7 Å². The van der Waals surface area contributed by atoms with E-state index in [9.17, 15) is 9.18 Å². The molecule has 1 amide bonds. The van der Waals surface area contributed by atoms with Crippen molar-refractivity contribution in [3.8, 4) is 11.1 Å². The number of aryl methyl sites for hydroxylation is 1. The van der Waals surface area contributed by atoms with Crippen LogP contribution in [0, 0.1) is 5.82 Å². The van der Waals surface area contributed by atoms with Crippen molar-refractivity contribution in [2.45, 2.75) is 12.8 Å². The minimum atomic E-state index is -0.289. The number of halogens is 1. The number of hydrogen-bond donors (Lipinski definition) is 0. The number of carbonyl (C=O) groups is 1. The lowest BCUT2D eigenvalue weighted by atomic mass is 9.99. The number of aromatic nitrogens is 4. The number of nitrogens with zero attached hydrogens (tertiary/aromatic N) is 6. The molecule has 0 saturated carbocycles. The molecule has 1 fully saturated rings. The van der Waals surface area contributed by atoms with E-state index in [0.29, 0.717) is 13.1 Å². The van der Waals surface area contributed by atoms with Gasteiger partial charge in [0.15, 0.2) is 0 Å². The van der Waals surface area contributed by atoms with Crippen molar-refractivity contribution in [1.29, 1.82) is 0 Å². The molecule has 7 nitrogen and oxygen atoms in total. The fourth-order valence-corrected chi connectivity index (χ4v) is 4.29. The Morgan fingerprint density at radius 2 is 1.69 bits per heavy atom. The van der Waals surface area contributed by atoms with Gasteiger partial charge < -0.3 is 9.80 Å². The third-order valence-electron chi connectivity index (χ3n) is 6.21. The minimum absolute atomic E-state index is 0.0808. The van der Waals surface area contributed by atoms with Crippen LogP contribution in [0.3, 0.4) is 0 Å². The highest BCUT2D eigenvalue weighted by Gasteiger charge is 2.27. The van der Waals surface area contributed by atoms with Crippen LogP contribution in [-0.2, 0) is 11.8 Å². The Morgan fingerprint density at radius 1 is 0.938 bits per heavy atom. The molecular formula is C24H25FN6O. The Bertz CT molecular complexity index is 1250. The molecule has 0 bridgehead atoms. The summed E-state index contributed by atoms with van der Waals surface area (Å²) in [6, 6.07) is 10.4. The molecule has 1 saturated heterocycles. The highest BCUT2D eigenvalue weighted by molar-refractivity contribution is 5.84. The van der Waals surface area contributed by atoms with Crippen molar-refractivity contribution in [3.63, 3.8) is 0 Å². The Labute approximate surface area is 185 Å². The average molecular weight is 433 g/mol. The fraction of sp³-hybridized carbons (Fsp3) is 0.292. The van der Waals surface area contributed by atoms with Gasteiger partial charge in [-0.15, -0.1) is 0 Å². The zero-order valence-electron chi connectivity index (χ0n) is 18.1. The van der Waals surface area contributed by atoms with E-state index in [1.54, 1.807) is 16.8 Å². The van der Waals surface area contributed by atoms with Gasteiger partial charge in [0.05, 0.1) is 29.5 Å². The summed E-state index contributed by atoms with van der Waals surface area (Å²) in [5, 5.41) is 8.79. The van der Waals surface area contributed by atoms with Gasteiger partial charge in [0.25, 0.3) is 0 Å². The number of amides is 1. The van der Waals surface area contributed by atoms with E-state index in [1.165, 1.54) is 12.1 Å². The molecule has 0 spiro atoms. The molecule has 1 aromatic carbocycles. The number of piperazine rings is 1. The monoisotopic (exact) mass is 432 g/mol. The van der Waals surface area contributed by atoms with Crippen molar-refractivity contribution in [2.24, 2.45) is 7.05 Å². The molecule has 0 aliphatic carbocycles. The second-order valence-electron chi connectivity index (χ2n) is 8.27. The Hall–Kier alpha value is -3.68.